The van der Waals surface area contributed by atoms with Crippen LogP contribution in [0.5, 0.6) is 0 Å². The van der Waals surface area contributed by atoms with Crippen LogP contribution in [-0.2, 0) is 0 Å². The van der Waals surface area contributed by atoms with E-state index in [1.807, 2.05) is 0 Å². The number of nitrogens with zero attached hydrogens (tertiary/aromatic N) is 2. The predicted octanol–water partition coefficient (Wildman–Crippen LogP) is 1.23. The van der Waals surface area contributed by atoms with Crippen LogP contribution in [0.25, 0.3) is 0 Å². The molecule has 0 aromatic carbocycles. The molecule has 1 aliphatic carbocycles. The molecule has 1 saturated carbocycles. The molecule has 2 saturated heterocycles. The largest absolute Gasteiger partial charge is 0.238 e. The Kier molecular flexibility index (Phi) is 1.29. The van der Waals surface area contributed by atoms with Crippen LogP contribution in [0.15, 0.2) is 0 Å². The minimum absolute atomic E-state index is 0.945. The third kappa shape index (κ3) is 0.798. The normalized spacial score (nSPS) is 44.7. The highest BCUT2D eigenvalue weighted by Crippen LogP contribution is 2.39. The van der Waals surface area contributed by atoms with E-state index in [1.165, 1.54) is 45.2 Å². The van der Waals surface area contributed by atoms with Crippen molar-refractivity contribution in [1.29, 1.82) is 0 Å². The molecule has 2 aliphatic heterocycles. The van der Waals surface area contributed by atoms with Crippen molar-refractivity contribution in [2.45, 2.75) is 44.2 Å². The molecule has 62 valence electrons. The lowest BCUT2D eigenvalue weighted by molar-refractivity contribution is -0.0751. The fourth-order valence-corrected chi connectivity index (χ4v) is 3.07. The first-order valence-electron chi connectivity index (χ1n) is 4.98. The first-order valence-corrected chi connectivity index (χ1v) is 4.98. The van der Waals surface area contributed by atoms with E-state index >= 15 is 0 Å². The van der Waals surface area contributed by atoms with Gasteiger partial charge in [0, 0.05) is 25.2 Å². The Hall–Kier alpha value is -0.0800. The summed E-state index contributed by atoms with van der Waals surface area (Å²) in [4.78, 5) is 0. The highest BCUT2D eigenvalue weighted by atomic mass is 15.7. The van der Waals surface area contributed by atoms with Crippen LogP contribution in [0.4, 0.5) is 0 Å². The Balaban J connectivity index is 1.84. The van der Waals surface area contributed by atoms with Crippen molar-refractivity contribution in [1.82, 2.24) is 10.0 Å². The van der Waals surface area contributed by atoms with E-state index in [1.54, 1.807) is 0 Å². The van der Waals surface area contributed by atoms with E-state index in [0.29, 0.717) is 0 Å². The molecule has 0 amide bonds. The van der Waals surface area contributed by atoms with Crippen molar-refractivity contribution < 1.29 is 0 Å². The van der Waals surface area contributed by atoms with Gasteiger partial charge in [-0.2, -0.15) is 0 Å². The van der Waals surface area contributed by atoms with Crippen LogP contribution in [-0.4, -0.2) is 35.2 Å². The molecule has 3 fully saturated rings. The molecule has 0 spiro atoms. The quantitative estimate of drug-likeness (QED) is 0.515. The van der Waals surface area contributed by atoms with Gasteiger partial charge < -0.3 is 0 Å². The average molecular weight is 152 g/mol. The van der Waals surface area contributed by atoms with Gasteiger partial charge >= 0.3 is 0 Å². The van der Waals surface area contributed by atoms with Crippen LogP contribution in [0.2, 0.25) is 0 Å². The highest BCUT2D eigenvalue weighted by molar-refractivity contribution is 4.95. The van der Waals surface area contributed by atoms with Crippen molar-refractivity contribution >= 4 is 0 Å². The highest BCUT2D eigenvalue weighted by Gasteiger charge is 2.44. The van der Waals surface area contributed by atoms with Crippen LogP contribution in [0, 0.1) is 0 Å². The molecular weight excluding hydrogens is 136 g/mol. The van der Waals surface area contributed by atoms with Crippen LogP contribution >= 0.6 is 0 Å². The molecule has 2 unspecified atom stereocenters. The van der Waals surface area contributed by atoms with Crippen molar-refractivity contribution in [2.24, 2.45) is 0 Å². The molecule has 11 heavy (non-hydrogen) atoms. The first-order chi connectivity index (χ1) is 5.45. The van der Waals surface area contributed by atoms with Crippen LogP contribution in [0.1, 0.15) is 32.1 Å². The van der Waals surface area contributed by atoms with Gasteiger partial charge in [0.05, 0.1) is 0 Å². The molecule has 2 atom stereocenters. The van der Waals surface area contributed by atoms with E-state index in [-0.39, 0.29) is 0 Å². The Labute approximate surface area is 68.1 Å². The van der Waals surface area contributed by atoms with Gasteiger partial charge in [-0.1, -0.05) is 0 Å². The van der Waals surface area contributed by atoms with E-state index in [9.17, 15) is 0 Å². The number of hydrogen-bond donors (Lipinski definition) is 0. The van der Waals surface area contributed by atoms with Gasteiger partial charge in [0.1, 0.15) is 0 Å². The summed E-state index contributed by atoms with van der Waals surface area (Å²) in [7, 11) is 0. The molecule has 3 rings (SSSR count). The lowest BCUT2D eigenvalue weighted by atomic mass is 10.2. The van der Waals surface area contributed by atoms with Gasteiger partial charge in [-0.15, -0.1) is 0 Å². The first kappa shape index (κ1) is 6.44. The number of rotatable bonds is 0. The van der Waals surface area contributed by atoms with E-state index in [0.717, 1.165) is 12.1 Å². The summed E-state index contributed by atoms with van der Waals surface area (Å²) in [5, 5.41) is 5.30. The molecule has 2 bridgehead atoms. The second kappa shape index (κ2) is 2.20. The second-order valence-electron chi connectivity index (χ2n) is 4.15. The number of hydrazine groups is 1. The Morgan fingerprint density at radius 3 is 1.91 bits per heavy atom. The predicted molar refractivity (Wildman–Crippen MR) is 44.1 cm³/mol. The zero-order chi connectivity index (χ0) is 7.26. The molecule has 2 nitrogen and oxygen atoms in total. The Bertz CT molecular complexity index is 151. The Morgan fingerprint density at radius 1 is 0.818 bits per heavy atom. The lowest BCUT2D eigenvalue weighted by Gasteiger charge is -2.41. The summed E-state index contributed by atoms with van der Waals surface area (Å²) in [5.41, 5.74) is 0. The van der Waals surface area contributed by atoms with Crippen molar-refractivity contribution in [3.63, 3.8) is 0 Å². The second-order valence-corrected chi connectivity index (χ2v) is 4.15. The zero-order valence-corrected chi connectivity index (χ0v) is 7.00. The molecule has 2 heteroatoms. The fraction of sp³-hybridized carbons (Fsp3) is 1.00. The van der Waals surface area contributed by atoms with Gasteiger partial charge in [-0.3, -0.25) is 0 Å². The smallest absolute Gasteiger partial charge is 0.0262 e. The molecule has 2 heterocycles. The van der Waals surface area contributed by atoms with Crippen molar-refractivity contribution in [3.05, 3.63) is 0 Å². The summed E-state index contributed by atoms with van der Waals surface area (Å²) < 4.78 is 0. The van der Waals surface area contributed by atoms with Crippen LogP contribution < -0.4 is 0 Å². The van der Waals surface area contributed by atoms with Crippen molar-refractivity contribution in [3.8, 4) is 0 Å². The summed E-state index contributed by atoms with van der Waals surface area (Å²) >= 11 is 0. The zero-order valence-electron chi connectivity index (χ0n) is 7.00. The summed E-state index contributed by atoms with van der Waals surface area (Å²) in [6.45, 7) is 2.70. The van der Waals surface area contributed by atoms with Gasteiger partial charge in [0.15, 0.2) is 0 Å². The average Bonchev–Trinajstić information content (AvgIpc) is 2.64. The molecule has 0 N–H and O–H groups in total. The number of hydrogen-bond acceptors (Lipinski definition) is 2. The topological polar surface area (TPSA) is 6.48 Å². The molecule has 3 aliphatic rings. The molecule has 0 radical (unpaired) electrons. The van der Waals surface area contributed by atoms with Crippen molar-refractivity contribution in [2.75, 3.05) is 13.1 Å². The summed E-state index contributed by atoms with van der Waals surface area (Å²) in [5.74, 6) is 0. The number of fused-ring (bicyclic) bond motifs is 5. The summed E-state index contributed by atoms with van der Waals surface area (Å²) in [6.07, 6.45) is 7.28. The minimum atomic E-state index is 0.945. The third-order valence-corrected chi connectivity index (χ3v) is 3.57. The monoisotopic (exact) mass is 152 g/mol. The van der Waals surface area contributed by atoms with E-state index in [4.69, 9.17) is 0 Å². The SMILES string of the molecule is C1CCN2C3CCC(C3)N2C1. The molecule has 0 aromatic rings. The third-order valence-electron chi connectivity index (χ3n) is 3.57. The maximum absolute atomic E-state index is 2.65. The van der Waals surface area contributed by atoms with E-state index < -0.39 is 0 Å². The minimum Gasteiger partial charge on any atom is -0.238 e. The fourth-order valence-electron chi connectivity index (χ4n) is 3.07. The van der Waals surface area contributed by atoms with E-state index in [2.05, 4.69) is 10.0 Å². The lowest BCUT2D eigenvalue weighted by Crippen LogP contribution is -2.50. The van der Waals surface area contributed by atoms with Gasteiger partial charge in [0.25, 0.3) is 0 Å². The maximum Gasteiger partial charge on any atom is 0.0262 e. The van der Waals surface area contributed by atoms with Gasteiger partial charge in [0.2, 0.25) is 0 Å². The molecular formula is C9H16N2. The standard InChI is InChI=1S/C9H16N2/c1-2-6-11-9-4-3-8(7-9)10(11)5-1/h8-9H,1-7H2. The Morgan fingerprint density at radius 2 is 1.36 bits per heavy atom. The maximum atomic E-state index is 2.65. The molecule has 0 aromatic heterocycles. The van der Waals surface area contributed by atoms with Crippen LogP contribution in [0.3, 0.4) is 0 Å². The van der Waals surface area contributed by atoms with Gasteiger partial charge in [-0.25, -0.2) is 10.0 Å². The van der Waals surface area contributed by atoms with Gasteiger partial charge in [-0.05, 0) is 32.1 Å². The summed E-state index contributed by atoms with van der Waals surface area (Å²) in [6, 6.07) is 1.89.